The van der Waals surface area contributed by atoms with E-state index in [1.165, 1.54) is 96.3 Å². The van der Waals surface area contributed by atoms with Crippen LogP contribution in [-0.2, 0) is 9.47 Å². The molecular formula is C33H64N4O4. The number of hydrogen-bond donors (Lipinski definition) is 2. The molecular weight excluding hydrogens is 516 g/mol. The molecule has 1 atom stereocenters. The molecule has 2 aliphatic heterocycles. The third kappa shape index (κ3) is 18.6. The Hall–Kier alpha value is -1.54. The smallest absolute Gasteiger partial charge is 0.407 e. The normalized spacial score (nSPS) is 17.9. The minimum absolute atomic E-state index is 0.00909. The Balaban J connectivity index is 1.40. The predicted octanol–water partition coefficient (Wildman–Crippen LogP) is 7.26. The number of morpholine rings is 1. The molecule has 0 saturated carbocycles. The van der Waals surface area contributed by atoms with E-state index in [-0.39, 0.29) is 24.8 Å². The highest BCUT2D eigenvalue weighted by Crippen LogP contribution is 2.18. The topological polar surface area (TPSA) is 83.1 Å². The first-order chi connectivity index (χ1) is 20.2. The molecule has 240 valence electrons. The van der Waals surface area contributed by atoms with Gasteiger partial charge in [0.15, 0.2) is 0 Å². The molecule has 2 saturated heterocycles. The van der Waals surface area contributed by atoms with Crippen LogP contribution in [-0.4, -0.2) is 87.1 Å². The van der Waals surface area contributed by atoms with Crippen LogP contribution in [0, 0.1) is 0 Å². The highest BCUT2D eigenvalue weighted by molar-refractivity contribution is 5.74. The summed E-state index contributed by atoms with van der Waals surface area (Å²) in [4.78, 5) is 29.2. The SMILES string of the molecule is CCCCCCCCCCCCCCCCCCNC(=O)N1CCCCC1COC(=O)NCCCN1CCOCC1. The number of carbonyl (C=O) groups excluding carboxylic acids is 2. The Morgan fingerprint density at radius 2 is 1.27 bits per heavy atom. The van der Waals surface area contributed by atoms with Gasteiger partial charge in [-0.2, -0.15) is 0 Å². The number of nitrogens with zero attached hydrogens (tertiary/aromatic N) is 2. The standard InChI is InChI=1S/C33H64N4O4/c1-2-3-4-5-6-7-8-9-10-11-12-13-14-15-16-18-22-34-32(38)37-25-19-17-21-31(37)30-41-33(39)35-23-20-24-36-26-28-40-29-27-36/h31H,2-30H2,1H3,(H,34,38)(H,35,39). The van der Waals surface area contributed by atoms with Crippen molar-refractivity contribution in [2.24, 2.45) is 0 Å². The first-order valence-electron chi connectivity index (χ1n) is 17.5. The molecule has 8 heteroatoms. The molecule has 2 rings (SSSR count). The number of hydrogen-bond acceptors (Lipinski definition) is 5. The average molecular weight is 581 g/mol. The third-order valence-electron chi connectivity index (χ3n) is 8.63. The molecule has 2 N–H and O–H groups in total. The van der Waals surface area contributed by atoms with Crippen LogP contribution in [0.3, 0.4) is 0 Å². The second kappa shape index (κ2) is 25.0. The highest BCUT2D eigenvalue weighted by atomic mass is 16.5. The number of rotatable bonds is 23. The number of unbranched alkanes of at least 4 members (excludes halogenated alkanes) is 15. The largest absolute Gasteiger partial charge is 0.447 e. The maximum absolute atomic E-state index is 12.8. The van der Waals surface area contributed by atoms with Crippen molar-refractivity contribution in [1.29, 1.82) is 0 Å². The zero-order valence-corrected chi connectivity index (χ0v) is 26.6. The summed E-state index contributed by atoms with van der Waals surface area (Å²) in [7, 11) is 0. The molecule has 0 aromatic rings. The van der Waals surface area contributed by atoms with Gasteiger partial charge in [-0.15, -0.1) is 0 Å². The maximum Gasteiger partial charge on any atom is 0.407 e. The van der Waals surface area contributed by atoms with Gasteiger partial charge < -0.3 is 25.0 Å². The van der Waals surface area contributed by atoms with Crippen molar-refractivity contribution in [2.45, 2.75) is 141 Å². The molecule has 2 aliphatic rings. The van der Waals surface area contributed by atoms with E-state index >= 15 is 0 Å². The number of nitrogens with one attached hydrogen (secondary N) is 2. The van der Waals surface area contributed by atoms with Gasteiger partial charge >= 0.3 is 12.1 Å². The number of piperidine rings is 1. The molecule has 0 aromatic carbocycles. The average Bonchev–Trinajstić information content (AvgIpc) is 3.00. The number of ether oxygens (including phenoxy) is 2. The predicted molar refractivity (Wildman–Crippen MR) is 169 cm³/mol. The lowest BCUT2D eigenvalue weighted by Crippen LogP contribution is -2.51. The van der Waals surface area contributed by atoms with Gasteiger partial charge in [0.1, 0.15) is 6.61 Å². The Morgan fingerprint density at radius 3 is 1.88 bits per heavy atom. The summed E-state index contributed by atoms with van der Waals surface area (Å²) < 4.78 is 10.9. The molecule has 0 bridgehead atoms. The molecule has 8 nitrogen and oxygen atoms in total. The van der Waals surface area contributed by atoms with Crippen LogP contribution in [0.2, 0.25) is 0 Å². The molecule has 41 heavy (non-hydrogen) atoms. The summed E-state index contributed by atoms with van der Waals surface area (Å²) >= 11 is 0. The zero-order chi connectivity index (χ0) is 29.2. The van der Waals surface area contributed by atoms with Gasteiger partial charge in [-0.3, -0.25) is 4.90 Å². The van der Waals surface area contributed by atoms with Crippen molar-refractivity contribution in [1.82, 2.24) is 20.4 Å². The second-order valence-electron chi connectivity index (χ2n) is 12.2. The Bertz CT molecular complexity index is 645. The highest BCUT2D eigenvalue weighted by Gasteiger charge is 2.27. The molecule has 0 radical (unpaired) electrons. The first-order valence-corrected chi connectivity index (χ1v) is 17.5. The van der Waals surface area contributed by atoms with Gasteiger partial charge in [0.25, 0.3) is 0 Å². The lowest BCUT2D eigenvalue weighted by molar-refractivity contribution is 0.0373. The number of likely N-dealkylation sites (tertiary alicyclic amines) is 1. The Kier molecular flexibility index (Phi) is 21.7. The van der Waals surface area contributed by atoms with Crippen molar-refractivity contribution < 1.29 is 19.1 Å². The number of carbonyl (C=O) groups is 2. The first kappa shape index (κ1) is 35.7. The van der Waals surface area contributed by atoms with Crippen molar-refractivity contribution >= 4 is 12.1 Å². The fraction of sp³-hybridized carbons (Fsp3) is 0.939. The maximum atomic E-state index is 12.8. The van der Waals surface area contributed by atoms with E-state index < -0.39 is 0 Å². The lowest BCUT2D eigenvalue weighted by atomic mass is 10.0. The van der Waals surface area contributed by atoms with Crippen LogP contribution >= 0.6 is 0 Å². The summed E-state index contributed by atoms with van der Waals surface area (Å²) in [5, 5.41) is 5.96. The number of amides is 3. The quantitative estimate of drug-likeness (QED) is 0.124. The van der Waals surface area contributed by atoms with Crippen molar-refractivity contribution in [2.75, 3.05) is 59.1 Å². The monoisotopic (exact) mass is 580 g/mol. The van der Waals surface area contributed by atoms with Gasteiger partial charge in [0.05, 0.1) is 19.3 Å². The van der Waals surface area contributed by atoms with Crippen molar-refractivity contribution in [3.63, 3.8) is 0 Å². The number of alkyl carbamates (subject to hydrolysis) is 1. The van der Waals surface area contributed by atoms with E-state index in [1.807, 2.05) is 4.90 Å². The van der Waals surface area contributed by atoms with Gasteiger partial charge in [-0.1, -0.05) is 103 Å². The molecule has 2 fully saturated rings. The summed E-state index contributed by atoms with van der Waals surface area (Å²) in [5.74, 6) is 0. The summed E-state index contributed by atoms with van der Waals surface area (Å²) in [5.41, 5.74) is 0. The van der Waals surface area contributed by atoms with E-state index in [1.54, 1.807) is 0 Å². The molecule has 0 aliphatic carbocycles. The van der Waals surface area contributed by atoms with E-state index in [0.29, 0.717) is 6.54 Å². The summed E-state index contributed by atoms with van der Waals surface area (Å²) in [6.45, 7) is 9.08. The van der Waals surface area contributed by atoms with Crippen LogP contribution in [0.4, 0.5) is 9.59 Å². The Labute approximate surface area is 252 Å². The Morgan fingerprint density at radius 1 is 0.707 bits per heavy atom. The fourth-order valence-corrected chi connectivity index (χ4v) is 5.95. The van der Waals surface area contributed by atoms with Crippen LogP contribution in [0.1, 0.15) is 135 Å². The molecule has 0 aromatic heterocycles. The second-order valence-corrected chi connectivity index (χ2v) is 12.2. The van der Waals surface area contributed by atoms with E-state index in [2.05, 4.69) is 22.5 Å². The van der Waals surface area contributed by atoms with E-state index in [9.17, 15) is 9.59 Å². The van der Waals surface area contributed by atoms with Crippen LogP contribution in [0.25, 0.3) is 0 Å². The lowest BCUT2D eigenvalue weighted by Gasteiger charge is -2.35. The summed E-state index contributed by atoms with van der Waals surface area (Å²) in [6, 6.07) is -0.0428. The van der Waals surface area contributed by atoms with Crippen LogP contribution < -0.4 is 10.6 Å². The van der Waals surface area contributed by atoms with Crippen molar-refractivity contribution in [3.05, 3.63) is 0 Å². The molecule has 3 amide bonds. The third-order valence-corrected chi connectivity index (χ3v) is 8.63. The van der Waals surface area contributed by atoms with E-state index in [4.69, 9.17) is 9.47 Å². The molecule has 1 unspecified atom stereocenters. The minimum atomic E-state index is -0.383. The van der Waals surface area contributed by atoms with Crippen LogP contribution in [0.15, 0.2) is 0 Å². The number of urea groups is 1. The zero-order valence-electron chi connectivity index (χ0n) is 26.6. The van der Waals surface area contributed by atoms with Gasteiger partial charge in [-0.05, 0) is 38.6 Å². The van der Waals surface area contributed by atoms with Crippen molar-refractivity contribution in [3.8, 4) is 0 Å². The minimum Gasteiger partial charge on any atom is -0.447 e. The van der Waals surface area contributed by atoms with Gasteiger partial charge in [-0.25, -0.2) is 9.59 Å². The molecule has 2 heterocycles. The van der Waals surface area contributed by atoms with Gasteiger partial charge in [0, 0.05) is 32.7 Å². The van der Waals surface area contributed by atoms with Crippen LogP contribution in [0.5, 0.6) is 0 Å². The summed E-state index contributed by atoms with van der Waals surface area (Å²) in [6.07, 6.45) is 25.1. The van der Waals surface area contributed by atoms with E-state index in [0.717, 1.165) is 78.0 Å². The fourth-order valence-electron chi connectivity index (χ4n) is 5.95. The molecule has 0 spiro atoms. The van der Waals surface area contributed by atoms with Gasteiger partial charge in [0.2, 0.25) is 0 Å².